The molecule has 23 heavy (non-hydrogen) atoms. The second-order valence-electron chi connectivity index (χ2n) is 6.10. The summed E-state index contributed by atoms with van der Waals surface area (Å²) >= 11 is 0. The lowest BCUT2D eigenvalue weighted by molar-refractivity contribution is -0.140. The molecule has 0 aromatic carbocycles. The van der Waals surface area contributed by atoms with Crippen molar-refractivity contribution >= 4 is 11.8 Å². The van der Waals surface area contributed by atoms with Crippen LogP contribution in [0.2, 0.25) is 0 Å². The van der Waals surface area contributed by atoms with Gasteiger partial charge in [0.1, 0.15) is 0 Å². The van der Waals surface area contributed by atoms with Crippen LogP contribution >= 0.6 is 0 Å². The molecule has 2 amide bonds. The lowest BCUT2D eigenvalue weighted by atomic mass is 10.1. The molecule has 2 fully saturated rings. The van der Waals surface area contributed by atoms with Crippen LogP contribution in [0.3, 0.4) is 0 Å². The topological polar surface area (TPSA) is 62.7 Å². The first kappa shape index (κ1) is 15.9. The quantitative estimate of drug-likeness (QED) is 0.826. The highest BCUT2D eigenvalue weighted by Gasteiger charge is 2.27. The Morgan fingerprint density at radius 2 is 1.87 bits per heavy atom. The van der Waals surface area contributed by atoms with Crippen LogP contribution < -0.4 is 0 Å². The van der Waals surface area contributed by atoms with Gasteiger partial charge in [-0.05, 0) is 25.0 Å². The average Bonchev–Trinajstić information content (AvgIpc) is 3.09. The number of amides is 2. The summed E-state index contributed by atoms with van der Waals surface area (Å²) in [6.45, 7) is 3.19. The molecule has 0 spiro atoms. The number of carbonyl (C=O) groups excluding carboxylic acids is 2. The third-order valence-electron chi connectivity index (χ3n) is 4.47. The van der Waals surface area contributed by atoms with Crippen LogP contribution in [-0.4, -0.2) is 65.5 Å². The van der Waals surface area contributed by atoms with E-state index >= 15 is 0 Å². The lowest BCUT2D eigenvalue weighted by Gasteiger charge is -2.35. The fraction of sp³-hybridized carbons (Fsp3) is 0.588. The van der Waals surface area contributed by atoms with Crippen LogP contribution in [0.15, 0.2) is 24.4 Å². The minimum absolute atomic E-state index is 0.0786. The molecule has 1 aromatic heterocycles. The zero-order valence-electron chi connectivity index (χ0n) is 13.3. The summed E-state index contributed by atoms with van der Waals surface area (Å²) in [6.07, 6.45) is 4.62. The van der Waals surface area contributed by atoms with Gasteiger partial charge >= 0.3 is 0 Å². The molecule has 3 heterocycles. The van der Waals surface area contributed by atoms with Gasteiger partial charge < -0.3 is 14.5 Å². The van der Waals surface area contributed by atoms with Crippen molar-refractivity contribution in [1.82, 2.24) is 14.8 Å². The van der Waals surface area contributed by atoms with Crippen LogP contribution in [-0.2, 0) is 20.7 Å². The van der Waals surface area contributed by atoms with Gasteiger partial charge in [-0.15, -0.1) is 0 Å². The zero-order valence-corrected chi connectivity index (χ0v) is 13.3. The second kappa shape index (κ2) is 7.55. The molecule has 3 rings (SSSR count). The number of hydrogen-bond donors (Lipinski definition) is 0. The maximum atomic E-state index is 12.3. The Morgan fingerprint density at radius 1 is 1.13 bits per heavy atom. The Kier molecular flexibility index (Phi) is 5.23. The van der Waals surface area contributed by atoms with Crippen LogP contribution in [0, 0.1) is 0 Å². The molecule has 2 aliphatic rings. The maximum absolute atomic E-state index is 12.3. The highest BCUT2D eigenvalue weighted by molar-refractivity contribution is 5.80. The second-order valence-corrected chi connectivity index (χ2v) is 6.10. The normalized spacial score (nSPS) is 21.5. The third kappa shape index (κ3) is 4.28. The van der Waals surface area contributed by atoms with E-state index in [1.165, 1.54) is 0 Å². The monoisotopic (exact) mass is 317 g/mol. The van der Waals surface area contributed by atoms with Crippen molar-refractivity contribution in [1.29, 1.82) is 0 Å². The Hall–Kier alpha value is -1.95. The predicted molar refractivity (Wildman–Crippen MR) is 84.7 cm³/mol. The maximum Gasteiger partial charge on any atom is 0.228 e. The number of nitrogens with zero attached hydrogens (tertiary/aromatic N) is 3. The summed E-state index contributed by atoms with van der Waals surface area (Å²) in [5, 5.41) is 0. The molecule has 1 aromatic rings. The molecule has 0 N–H and O–H groups in total. The molecule has 124 valence electrons. The van der Waals surface area contributed by atoms with Gasteiger partial charge in [-0.25, -0.2) is 0 Å². The fourth-order valence-corrected chi connectivity index (χ4v) is 3.10. The highest BCUT2D eigenvalue weighted by Crippen LogP contribution is 2.17. The number of piperazine rings is 1. The molecule has 0 bridgehead atoms. The summed E-state index contributed by atoms with van der Waals surface area (Å²) in [4.78, 5) is 32.4. The van der Waals surface area contributed by atoms with E-state index in [-0.39, 0.29) is 17.9 Å². The van der Waals surface area contributed by atoms with Crippen molar-refractivity contribution in [3.63, 3.8) is 0 Å². The largest absolute Gasteiger partial charge is 0.378 e. The number of aromatic nitrogens is 1. The molecule has 0 aliphatic carbocycles. The van der Waals surface area contributed by atoms with Gasteiger partial charge in [0.25, 0.3) is 0 Å². The SMILES string of the molecule is O=C(Cc1ccccn1)N1CCN(C(=O)C[C@@H]2CCCO2)CC1. The van der Waals surface area contributed by atoms with Gasteiger partial charge in [0, 0.05) is 44.7 Å². The summed E-state index contributed by atoms with van der Waals surface area (Å²) in [5.41, 5.74) is 0.786. The van der Waals surface area contributed by atoms with E-state index < -0.39 is 0 Å². The van der Waals surface area contributed by atoms with E-state index in [0.717, 1.165) is 25.1 Å². The van der Waals surface area contributed by atoms with Crippen LogP contribution in [0.4, 0.5) is 0 Å². The van der Waals surface area contributed by atoms with E-state index in [1.807, 2.05) is 28.0 Å². The van der Waals surface area contributed by atoms with Crippen molar-refractivity contribution < 1.29 is 14.3 Å². The van der Waals surface area contributed by atoms with Gasteiger partial charge in [0.2, 0.25) is 11.8 Å². The van der Waals surface area contributed by atoms with Crippen molar-refractivity contribution in [3.05, 3.63) is 30.1 Å². The van der Waals surface area contributed by atoms with Gasteiger partial charge in [-0.2, -0.15) is 0 Å². The Balaban J connectivity index is 1.44. The molecular formula is C17H23N3O3. The molecular weight excluding hydrogens is 294 g/mol. The van der Waals surface area contributed by atoms with Crippen molar-refractivity contribution in [3.8, 4) is 0 Å². The Labute approximate surface area is 136 Å². The van der Waals surface area contributed by atoms with E-state index in [0.29, 0.717) is 39.0 Å². The Morgan fingerprint density at radius 3 is 2.48 bits per heavy atom. The summed E-state index contributed by atoms with van der Waals surface area (Å²) < 4.78 is 5.52. The molecule has 0 unspecified atom stereocenters. The number of carbonyl (C=O) groups is 2. The molecule has 1 atom stereocenters. The van der Waals surface area contributed by atoms with Crippen molar-refractivity contribution in [2.45, 2.75) is 31.8 Å². The van der Waals surface area contributed by atoms with E-state index in [9.17, 15) is 9.59 Å². The van der Waals surface area contributed by atoms with E-state index in [4.69, 9.17) is 4.74 Å². The zero-order chi connectivity index (χ0) is 16.1. The Bertz CT molecular complexity index is 535. The minimum Gasteiger partial charge on any atom is -0.378 e. The molecule has 0 radical (unpaired) electrons. The first-order valence-electron chi connectivity index (χ1n) is 8.29. The number of hydrogen-bond acceptors (Lipinski definition) is 4. The molecule has 2 aliphatic heterocycles. The molecule has 0 saturated carbocycles. The predicted octanol–water partition coefficient (Wildman–Crippen LogP) is 0.864. The van der Waals surface area contributed by atoms with Gasteiger partial charge in [0.05, 0.1) is 18.9 Å². The fourth-order valence-electron chi connectivity index (χ4n) is 3.10. The summed E-state index contributed by atoms with van der Waals surface area (Å²) in [6, 6.07) is 5.59. The standard InChI is InChI=1S/C17H23N3O3/c21-16(12-14-4-1-2-6-18-14)19-7-9-20(10-8-19)17(22)13-15-5-3-11-23-15/h1-2,4,6,15H,3,5,7-13H2/t15-/m0/s1. The molecule has 6 nitrogen and oxygen atoms in total. The van der Waals surface area contributed by atoms with E-state index in [1.54, 1.807) is 6.20 Å². The van der Waals surface area contributed by atoms with Gasteiger partial charge in [-0.3, -0.25) is 14.6 Å². The first-order chi connectivity index (χ1) is 11.2. The number of rotatable bonds is 4. The molecule has 6 heteroatoms. The number of ether oxygens (including phenoxy) is 1. The van der Waals surface area contributed by atoms with Gasteiger partial charge in [-0.1, -0.05) is 6.07 Å². The first-order valence-corrected chi connectivity index (χ1v) is 8.29. The molecule has 2 saturated heterocycles. The lowest BCUT2D eigenvalue weighted by Crippen LogP contribution is -2.51. The van der Waals surface area contributed by atoms with Gasteiger partial charge in [0.15, 0.2) is 0 Å². The highest BCUT2D eigenvalue weighted by atomic mass is 16.5. The van der Waals surface area contributed by atoms with Crippen LogP contribution in [0.1, 0.15) is 25.0 Å². The average molecular weight is 317 g/mol. The van der Waals surface area contributed by atoms with Crippen molar-refractivity contribution in [2.75, 3.05) is 32.8 Å². The minimum atomic E-state index is 0.0786. The van der Waals surface area contributed by atoms with Crippen LogP contribution in [0.25, 0.3) is 0 Å². The van der Waals surface area contributed by atoms with E-state index in [2.05, 4.69) is 4.98 Å². The van der Waals surface area contributed by atoms with Crippen molar-refractivity contribution in [2.24, 2.45) is 0 Å². The summed E-state index contributed by atoms with van der Waals surface area (Å²) in [7, 11) is 0. The third-order valence-corrected chi connectivity index (χ3v) is 4.47. The smallest absolute Gasteiger partial charge is 0.228 e. The number of pyridine rings is 1. The van der Waals surface area contributed by atoms with Crippen LogP contribution in [0.5, 0.6) is 0 Å². The summed E-state index contributed by atoms with van der Waals surface area (Å²) in [5.74, 6) is 0.226.